The molecule has 1 aromatic rings. The predicted octanol–water partition coefficient (Wildman–Crippen LogP) is 4.18. The third-order valence-electron chi connectivity index (χ3n) is 1.97. The lowest BCUT2D eigenvalue weighted by atomic mass is 10.1. The molecule has 0 saturated carbocycles. The molecule has 0 unspecified atom stereocenters. The first-order valence-corrected chi connectivity index (χ1v) is 6.26. The molecule has 0 bridgehead atoms. The fourth-order valence-electron chi connectivity index (χ4n) is 1.18. The van der Waals surface area contributed by atoms with Gasteiger partial charge in [-0.25, -0.2) is 4.79 Å². The molecule has 0 amide bonds. The van der Waals surface area contributed by atoms with Crippen LogP contribution >= 0.6 is 34.8 Å². The van der Waals surface area contributed by atoms with Crippen LogP contribution in [0.5, 0.6) is 0 Å². The van der Waals surface area contributed by atoms with Gasteiger partial charge in [0, 0.05) is 10.0 Å². The van der Waals surface area contributed by atoms with Crippen molar-refractivity contribution < 1.29 is 9.53 Å². The van der Waals surface area contributed by atoms with E-state index in [0.717, 1.165) is 0 Å². The minimum absolute atomic E-state index is 0.0673. The van der Waals surface area contributed by atoms with Gasteiger partial charge in [-0.1, -0.05) is 29.3 Å². The molecule has 0 aliphatic heterocycles. The quantitative estimate of drug-likeness (QED) is 0.473. The summed E-state index contributed by atoms with van der Waals surface area (Å²) in [6.45, 7) is 2.04. The number of carbonyl (C=O) groups is 1. The molecule has 0 atom stereocenters. The van der Waals surface area contributed by atoms with E-state index < -0.39 is 5.97 Å². The molecule has 92 valence electrons. The standard InChI is InChI=1S/C12H11Cl3O2/c1-2-17-12(16)9(7-13)5-8-3-4-10(14)6-11(8)15/h3-6H,2,7H2,1H3/b9-5+. The Kier molecular flexibility index (Phi) is 5.83. The maximum absolute atomic E-state index is 11.5. The van der Waals surface area contributed by atoms with Crippen molar-refractivity contribution in [3.63, 3.8) is 0 Å². The molecular formula is C12H11Cl3O2. The number of hydrogen-bond acceptors (Lipinski definition) is 2. The summed E-state index contributed by atoms with van der Waals surface area (Å²) in [6, 6.07) is 5.01. The molecule has 17 heavy (non-hydrogen) atoms. The highest BCUT2D eigenvalue weighted by molar-refractivity contribution is 6.35. The molecule has 0 spiro atoms. The number of ether oxygens (including phenoxy) is 1. The van der Waals surface area contributed by atoms with Crippen LogP contribution < -0.4 is 0 Å². The number of carbonyl (C=O) groups excluding carboxylic acids is 1. The van der Waals surface area contributed by atoms with Crippen LogP contribution in [0.1, 0.15) is 12.5 Å². The van der Waals surface area contributed by atoms with Gasteiger partial charge in [0.2, 0.25) is 0 Å². The van der Waals surface area contributed by atoms with Crippen molar-refractivity contribution in [2.24, 2.45) is 0 Å². The lowest BCUT2D eigenvalue weighted by Crippen LogP contribution is -2.08. The largest absolute Gasteiger partial charge is 0.463 e. The summed E-state index contributed by atoms with van der Waals surface area (Å²) in [4.78, 5) is 11.5. The summed E-state index contributed by atoms with van der Waals surface area (Å²) in [5, 5.41) is 1.00. The topological polar surface area (TPSA) is 26.3 Å². The lowest BCUT2D eigenvalue weighted by Gasteiger charge is -2.05. The van der Waals surface area contributed by atoms with Crippen molar-refractivity contribution in [1.29, 1.82) is 0 Å². The Bertz CT molecular complexity index is 441. The van der Waals surface area contributed by atoms with E-state index in [4.69, 9.17) is 39.5 Å². The Morgan fingerprint density at radius 3 is 2.65 bits per heavy atom. The number of benzene rings is 1. The van der Waals surface area contributed by atoms with E-state index in [0.29, 0.717) is 27.8 Å². The molecule has 0 aromatic heterocycles. The minimum Gasteiger partial charge on any atom is -0.463 e. The Hall–Kier alpha value is -0.700. The van der Waals surface area contributed by atoms with Crippen molar-refractivity contribution >= 4 is 46.8 Å². The summed E-state index contributed by atoms with van der Waals surface area (Å²) in [5.74, 6) is -0.369. The molecule has 1 rings (SSSR count). The molecule has 0 aliphatic rings. The van der Waals surface area contributed by atoms with E-state index >= 15 is 0 Å². The fourth-order valence-corrected chi connectivity index (χ4v) is 1.83. The van der Waals surface area contributed by atoms with Gasteiger partial charge in [0.25, 0.3) is 0 Å². The second-order valence-electron chi connectivity index (χ2n) is 3.19. The number of halogens is 3. The Morgan fingerprint density at radius 2 is 2.12 bits per heavy atom. The van der Waals surface area contributed by atoms with Gasteiger partial charge in [-0.3, -0.25) is 0 Å². The average molecular weight is 294 g/mol. The maximum Gasteiger partial charge on any atom is 0.335 e. The van der Waals surface area contributed by atoms with Gasteiger partial charge in [-0.2, -0.15) is 0 Å². The minimum atomic E-state index is -0.437. The lowest BCUT2D eigenvalue weighted by molar-refractivity contribution is -0.138. The normalized spacial score (nSPS) is 11.4. The van der Waals surface area contributed by atoms with E-state index in [-0.39, 0.29) is 5.88 Å². The number of alkyl halides is 1. The first-order chi connectivity index (χ1) is 8.08. The van der Waals surface area contributed by atoms with Crippen molar-refractivity contribution in [2.45, 2.75) is 6.92 Å². The van der Waals surface area contributed by atoms with Crippen LogP contribution in [0.25, 0.3) is 6.08 Å². The monoisotopic (exact) mass is 292 g/mol. The third-order valence-corrected chi connectivity index (χ3v) is 2.82. The van der Waals surface area contributed by atoms with Gasteiger partial charge in [-0.15, -0.1) is 11.6 Å². The van der Waals surface area contributed by atoms with Crippen LogP contribution in [-0.2, 0) is 9.53 Å². The van der Waals surface area contributed by atoms with Crippen LogP contribution in [0, 0.1) is 0 Å². The molecule has 0 saturated heterocycles. The third kappa shape index (κ3) is 4.23. The van der Waals surface area contributed by atoms with Gasteiger partial charge in [0.05, 0.1) is 18.1 Å². The highest BCUT2D eigenvalue weighted by Crippen LogP contribution is 2.23. The van der Waals surface area contributed by atoms with Crippen molar-refractivity contribution in [2.75, 3.05) is 12.5 Å². The fraction of sp³-hybridized carbons (Fsp3) is 0.250. The van der Waals surface area contributed by atoms with Crippen LogP contribution in [0.15, 0.2) is 23.8 Å². The highest BCUT2D eigenvalue weighted by Gasteiger charge is 2.10. The maximum atomic E-state index is 11.5. The van der Waals surface area contributed by atoms with E-state index in [2.05, 4.69) is 0 Å². The van der Waals surface area contributed by atoms with E-state index in [1.54, 1.807) is 31.2 Å². The second-order valence-corrected chi connectivity index (χ2v) is 4.30. The number of rotatable bonds is 4. The summed E-state index contributed by atoms with van der Waals surface area (Å²) < 4.78 is 4.87. The first kappa shape index (κ1) is 14.4. The second kappa shape index (κ2) is 6.90. The first-order valence-electron chi connectivity index (χ1n) is 4.97. The molecule has 0 radical (unpaired) electrons. The van der Waals surface area contributed by atoms with Crippen molar-refractivity contribution in [1.82, 2.24) is 0 Å². The van der Waals surface area contributed by atoms with Gasteiger partial charge in [0.1, 0.15) is 0 Å². The summed E-state index contributed by atoms with van der Waals surface area (Å²) in [7, 11) is 0. The number of hydrogen-bond donors (Lipinski definition) is 0. The van der Waals surface area contributed by atoms with Crippen LogP contribution in [0.2, 0.25) is 10.0 Å². The van der Waals surface area contributed by atoms with Crippen molar-refractivity contribution in [3.05, 3.63) is 39.4 Å². The summed E-state index contributed by atoms with van der Waals surface area (Å²) in [6.07, 6.45) is 1.60. The molecule has 0 N–H and O–H groups in total. The zero-order valence-electron chi connectivity index (χ0n) is 9.17. The van der Waals surface area contributed by atoms with Crippen molar-refractivity contribution in [3.8, 4) is 0 Å². The number of esters is 1. The predicted molar refractivity (Wildman–Crippen MR) is 71.8 cm³/mol. The van der Waals surface area contributed by atoms with E-state index in [1.807, 2.05) is 0 Å². The Labute approximate surface area is 115 Å². The SMILES string of the molecule is CCOC(=O)/C(=C/c1ccc(Cl)cc1Cl)CCl. The molecule has 1 aromatic carbocycles. The zero-order valence-corrected chi connectivity index (χ0v) is 11.4. The summed E-state index contributed by atoms with van der Waals surface area (Å²) in [5.41, 5.74) is 1.04. The van der Waals surface area contributed by atoms with Gasteiger partial charge < -0.3 is 4.74 Å². The average Bonchev–Trinajstić information content (AvgIpc) is 2.28. The molecule has 2 nitrogen and oxygen atoms in total. The Morgan fingerprint density at radius 1 is 1.41 bits per heavy atom. The Balaban J connectivity index is 3.02. The molecule has 0 heterocycles. The van der Waals surface area contributed by atoms with Gasteiger partial charge in [-0.05, 0) is 30.7 Å². The molecule has 0 fully saturated rings. The summed E-state index contributed by atoms with van der Waals surface area (Å²) >= 11 is 17.5. The van der Waals surface area contributed by atoms with Crippen LogP contribution in [0.4, 0.5) is 0 Å². The van der Waals surface area contributed by atoms with Crippen LogP contribution in [0.3, 0.4) is 0 Å². The smallest absolute Gasteiger partial charge is 0.335 e. The molecule has 0 aliphatic carbocycles. The van der Waals surface area contributed by atoms with E-state index in [9.17, 15) is 4.79 Å². The highest BCUT2D eigenvalue weighted by atomic mass is 35.5. The van der Waals surface area contributed by atoms with Crippen LogP contribution in [-0.4, -0.2) is 18.5 Å². The zero-order chi connectivity index (χ0) is 12.8. The molecule has 5 heteroatoms. The van der Waals surface area contributed by atoms with Gasteiger partial charge >= 0.3 is 5.97 Å². The van der Waals surface area contributed by atoms with E-state index in [1.165, 1.54) is 0 Å². The molecular weight excluding hydrogens is 282 g/mol. The van der Waals surface area contributed by atoms with Gasteiger partial charge in [0.15, 0.2) is 0 Å².